The largest absolute Gasteiger partial charge is 0.463 e. The maximum absolute atomic E-state index is 14.4. The molecule has 3 aliphatic rings. The van der Waals surface area contributed by atoms with Crippen molar-refractivity contribution in [3.63, 3.8) is 0 Å². The van der Waals surface area contributed by atoms with Crippen molar-refractivity contribution in [3.05, 3.63) is 46.8 Å². The molecule has 3 aromatic rings. The Labute approximate surface area is 238 Å². The highest BCUT2D eigenvalue weighted by atomic mass is 35.5. The molecule has 41 heavy (non-hydrogen) atoms. The zero-order valence-electron chi connectivity index (χ0n) is 22.5. The number of hydrogen-bond donors (Lipinski definition) is 0. The number of carbonyl (C=O) groups excluding carboxylic acids is 3. The first-order valence-corrected chi connectivity index (χ1v) is 13.5. The molecule has 1 aromatic carbocycles. The van der Waals surface area contributed by atoms with Crippen molar-refractivity contribution in [3.8, 4) is 0 Å². The predicted octanol–water partition coefficient (Wildman–Crippen LogP) is 2.65. The molecule has 2 unspecified atom stereocenters. The van der Waals surface area contributed by atoms with Gasteiger partial charge in [-0.2, -0.15) is 9.97 Å². The molecular weight excluding hydrogens is 561 g/mol. The van der Waals surface area contributed by atoms with Gasteiger partial charge in [0.25, 0.3) is 0 Å². The van der Waals surface area contributed by atoms with Crippen LogP contribution in [-0.2, 0) is 45.2 Å². The topological polar surface area (TPSA) is 135 Å². The van der Waals surface area contributed by atoms with E-state index < -0.39 is 42.4 Å². The van der Waals surface area contributed by atoms with Crippen LogP contribution in [0.25, 0.3) is 11.2 Å². The van der Waals surface area contributed by atoms with Gasteiger partial charge in [0.15, 0.2) is 35.4 Å². The molecule has 2 aliphatic heterocycles. The SMILES string of the molecule is CC(=O)OC[C@H]1O[C@@H](n2cnc3c(N4CC5(CCc6c(F)cccc65)C4)nc(Cl)nc32)C(OC(C)=O)C1OC(C)=O. The van der Waals surface area contributed by atoms with Crippen LogP contribution in [0.3, 0.4) is 0 Å². The molecule has 2 aromatic heterocycles. The average molecular weight is 588 g/mol. The lowest BCUT2D eigenvalue weighted by Crippen LogP contribution is -2.58. The van der Waals surface area contributed by atoms with Crippen LogP contribution < -0.4 is 4.90 Å². The van der Waals surface area contributed by atoms with Crippen molar-refractivity contribution >= 4 is 46.5 Å². The number of imidazole rings is 1. The van der Waals surface area contributed by atoms with Crippen molar-refractivity contribution in [2.45, 2.75) is 63.6 Å². The first-order chi connectivity index (χ1) is 19.6. The van der Waals surface area contributed by atoms with E-state index in [0.29, 0.717) is 36.5 Å². The molecule has 1 spiro atoms. The van der Waals surface area contributed by atoms with E-state index in [0.717, 1.165) is 17.5 Å². The second-order valence-electron chi connectivity index (χ2n) is 10.6. The predicted molar refractivity (Wildman–Crippen MR) is 141 cm³/mol. The van der Waals surface area contributed by atoms with Crippen LogP contribution in [-0.4, -0.2) is 75.4 Å². The number of esters is 3. The third-order valence-corrected chi connectivity index (χ3v) is 7.99. The fourth-order valence-electron chi connectivity index (χ4n) is 6.17. The lowest BCUT2D eigenvalue weighted by molar-refractivity contribution is -0.166. The molecule has 0 bridgehead atoms. The Balaban J connectivity index is 1.33. The van der Waals surface area contributed by atoms with Crippen molar-refractivity contribution < 1.29 is 37.7 Å². The first kappa shape index (κ1) is 27.3. The minimum Gasteiger partial charge on any atom is -0.463 e. The molecule has 12 nitrogen and oxygen atoms in total. The highest BCUT2D eigenvalue weighted by Crippen LogP contribution is 2.48. The van der Waals surface area contributed by atoms with Crippen LogP contribution in [0.5, 0.6) is 0 Å². The van der Waals surface area contributed by atoms with Gasteiger partial charge < -0.3 is 23.8 Å². The zero-order chi connectivity index (χ0) is 29.1. The Morgan fingerprint density at radius 3 is 2.54 bits per heavy atom. The first-order valence-electron chi connectivity index (χ1n) is 13.1. The number of fused-ring (bicyclic) bond motifs is 3. The fraction of sp³-hybridized carbons (Fsp3) is 0.481. The number of anilines is 1. The summed E-state index contributed by atoms with van der Waals surface area (Å²) in [5, 5.41) is -0.0388. The Hall–Kier alpha value is -3.84. The maximum atomic E-state index is 14.4. The number of ether oxygens (including phenoxy) is 4. The van der Waals surface area contributed by atoms with Crippen LogP contribution in [0.4, 0.5) is 10.2 Å². The Morgan fingerprint density at radius 2 is 1.83 bits per heavy atom. The summed E-state index contributed by atoms with van der Waals surface area (Å²) in [6, 6.07) is 5.22. The standard InChI is InChI=1S/C27H27ClFN5O7/c1-13(35)38-9-19-21(39-14(2)36)22(40-15(3)37)25(41-19)34-12-30-20-23(31-26(28)32-24(20)34)33-10-27(11-33)8-7-16-17(27)5-4-6-18(16)29/h4-6,12,19,21-22,25H,7-11H2,1-3H3/t19-,21?,22?,25-/m1/s1. The van der Waals surface area contributed by atoms with Gasteiger partial charge in [0, 0.05) is 39.3 Å². The molecule has 4 heterocycles. The van der Waals surface area contributed by atoms with Crippen molar-refractivity contribution in [1.82, 2.24) is 19.5 Å². The molecule has 0 saturated carbocycles. The van der Waals surface area contributed by atoms with Gasteiger partial charge in [-0.25, -0.2) is 9.37 Å². The van der Waals surface area contributed by atoms with E-state index in [9.17, 15) is 18.8 Å². The fourth-order valence-corrected chi connectivity index (χ4v) is 6.33. The van der Waals surface area contributed by atoms with Gasteiger partial charge >= 0.3 is 17.9 Å². The second kappa shape index (κ2) is 10.2. The van der Waals surface area contributed by atoms with E-state index in [-0.39, 0.29) is 23.1 Å². The van der Waals surface area contributed by atoms with Gasteiger partial charge in [0.2, 0.25) is 5.28 Å². The van der Waals surface area contributed by atoms with Gasteiger partial charge in [-0.3, -0.25) is 19.0 Å². The van der Waals surface area contributed by atoms with E-state index in [4.69, 9.17) is 30.5 Å². The molecule has 6 rings (SSSR count). The molecule has 1 aliphatic carbocycles. The normalized spacial score (nSPS) is 24.3. The lowest BCUT2D eigenvalue weighted by Gasteiger charge is -2.49. The number of nitrogens with zero attached hydrogens (tertiary/aromatic N) is 5. The van der Waals surface area contributed by atoms with E-state index in [2.05, 4.69) is 15.0 Å². The molecule has 0 radical (unpaired) electrons. The summed E-state index contributed by atoms with van der Waals surface area (Å²) in [6.45, 7) is 4.64. The second-order valence-corrected chi connectivity index (χ2v) is 10.9. The molecular formula is C27H27ClFN5O7. The molecule has 216 valence electrons. The Kier molecular flexibility index (Phi) is 6.81. The Bertz CT molecular complexity index is 1560. The van der Waals surface area contributed by atoms with Gasteiger partial charge in [0.05, 0.1) is 6.33 Å². The van der Waals surface area contributed by atoms with Gasteiger partial charge in [-0.1, -0.05) is 12.1 Å². The monoisotopic (exact) mass is 587 g/mol. The molecule has 0 amide bonds. The van der Waals surface area contributed by atoms with Crippen LogP contribution in [0, 0.1) is 5.82 Å². The van der Waals surface area contributed by atoms with Gasteiger partial charge in [-0.05, 0) is 41.6 Å². The summed E-state index contributed by atoms with van der Waals surface area (Å²) in [6.07, 6.45) is -1.20. The highest BCUT2D eigenvalue weighted by molar-refractivity contribution is 6.28. The third kappa shape index (κ3) is 4.76. The molecule has 0 N–H and O–H groups in total. The summed E-state index contributed by atoms with van der Waals surface area (Å²) in [4.78, 5) is 50.9. The van der Waals surface area contributed by atoms with E-state index in [1.165, 1.54) is 37.7 Å². The minimum atomic E-state index is -1.11. The average Bonchev–Trinajstić information content (AvgIpc) is 3.56. The summed E-state index contributed by atoms with van der Waals surface area (Å²) < 4.78 is 38.2. The third-order valence-electron chi connectivity index (χ3n) is 7.82. The number of rotatable bonds is 6. The Morgan fingerprint density at radius 1 is 1.10 bits per heavy atom. The zero-order valence-corrected chi connectivity index (χ0v) is 23.3. The highest BCUT2D eigenvalue weighted by Gasteiger charge is 2.52. The molecule has 2 saturated heterocycles. The summed E-state index contributed by atoms with van der Waals surface area (Å²) >= 11 is 6.38. The number of aromatic nitrogens is 4. The van der Waals surface area contributed by atoms with Crippen LogP contribution >= 0.6 is 11.6 Å². The number of halogens is 2. The van der Waals surface area contributed by atoms with Crippen molar-refractivity contribution in [2.24, 2.45) is 0 Å². The quantitative estimate of drug-likeness (QED) is 0.239. The number of hydrogen-bond acceptors (Lipinski definition) is 11. The smallest absolute Gasteiger partial charge is 0.303 e. The van der Waals surface area contributed by atoms with E-state index >= 15 is 0 Å². The summed E-state index contributed by atoms with van der Waals surface area (Å²) in [5.41, 5.74) is 2.34. The lowest BCUT2D eigenvalue weighted by atomic mass is 9.75. The van der Waals surface area contributed by atoms with Gasteiger partial charge in [-0.15, -0.1) is 0 Å². The molecule has 2 fully saturated rings. The minimum absolute atomic E-state index is 0.0388. The summed E-state index contributed by atoms with van der Waals surface area (Å²) in [7, 11) is 0. The van der Waals surface area contributed by atoms with E-state index in [1.807, 2.05) is 11.0 Å². The van der Waals surface area contributed by atoms with Crippen molar-refractivity contribution in [1.29, 1.82) is 0 Å². The maximum Gasteiger partial charge on any atom is 0.303 e. The van der Waals surface area contributed by atoms with Crippen LogP contribution in [0.1, 0.15) is 44.5 Å². The van der Waals surface area contributed by atoms with Crippen LogP contribution in [0.15, 0.2) is 24.5 Å². The molecule has 4 atom stereocenters. The van der Waals surface area contributed by atoms with Crippen molar-refractivity contribution in [2.75, 3.05) is 24.6 Å². The summed E-state index contributed by atoms with van der Waals surface area (Å²) in [5.74, 6) is -1.50. The van der Waals surface area contributed by atoms with Crippen LogP contribution in [0.2, 0.25) is 5.28 Å². The number of benzene rings is 1. The molecule has 14 heteroatoms. The van der Waals surface area contributed by atoms with E-state index in [1.54, 1.807) is 6.07 Å². The number of carbonyl (C=O) groups is 3. The van der Waals surface area contributed by atoms with Gasteiger partial charge in [0.1, 0.15) is 18.5 Å².